The molecule has 2 heterocycles. The van der Waals surface area contributed by atoms with E-state index in [1.54, 1.807) is 42.2 Å². The predicted molar refractivity (Wildman–Crippen MR) is 114 cm³/mol. The number of aliphatic imine (C=N–C) groups is 1. The second-order valence-corrected chi connectivity index (χ2v) is 7.79. The lowest BCUT2D eigenvalue weighted by atomic mass is 9.87. The quantitative estimate of drug-likeness (QED) is 0.721. The minimum atomic E-state index is -0.547. The Morgan fingerprint density at radius 2 is 1.97 bits per heavy atom. The summed E-state index contributed by atoms with van der Waals surface area (Å²) < 4.78 is 5.14. The van der Waals surface area contributed by atoms with Gasteiger partial charge in [0.1, 0.15) is 17.2 Å². The Morgan fingerprint density at radius 3 is 2.67 bits per heavy atom. The van der Waals surface area contributed by atoms with Crippen LogP contribution >= 0.6 is 0 Å². The molecule has 30 heavy (non-hydrogen) atoms. The molecule has 0 saturated carbocycles. The third kappa shape index (κ3) is 4.11. The summed E-state index contributed by atoms with van der Waals surface area (Å²) in [4.78, 5) is 18.9. The number of phenols is 2. The van der Waals surface area contributed by atoms with Crippen molar-refractivity contribution < 1.29 is 19.7 Å². The zero-order chi connectivity index (χ0) is 21.1. The van der Waals surface area contributed by atoms with Crippen molar-refractivity contribution in [3.63, 3.8) is 0 Å². The summed E-state index contributed by atoms with van der Waals surface area (Å²) >= 11 is 0. The molecule has 158 valence electrons. The molecular weight excluding hydrogens is 382 g/mol. The molecule has 2 aliphatic heterocycles. The Kier molecular flexibility index (Phi) is 5.63. The van der Waals surface area contributed by atoms with E-state index in [1.165, 1.54) is 0 Å². The van der Waals surface area contributed by atoms with Gasteiger partial charge in [0.2, 0.25) is 0 Å². The molecular formula is C23H27N3O4. The number of carbonyl (C=O) groups is 1. The minimum absolute atomic E-state index is 0.129. The fourth-order valence-corrected chi connectivity index (χ4v) is 4.27. The third-order valence-corrected chi connectivity index (χ3v) is 5.80. The van der Waals surface area contributed by atoms with Gasteiger partial charge in [0, 0.05) is 49.7 Å². The van der Waals surface area contributed by atoms with E-state index in [2.05, 4.69) is 5.32 Å². The summed E-state index contributed by atoms with van der Waals surface area (Å²) in [7, 11) is 0. The fraction of sp³-hybridized carbons (Fsp3) is 0.391. The van der Waals surface area contributed by atoms with Gasteiger partial charge < -0.3 is 19.8 Å². The number of hydrogen-bond donors (Lipinski definition) is 3. The van der Waals surface area contributed by atoms with E-state index in [-0.39, 0.29) is 23.6 Å². The molecule has 0 aliphatic carbocycles. The van der Waals surface area contributed by atoms with Crippen LogP contribution in [0.2, 0.25) is 0 Å². The van der Waals surface area contributed by atoms with Crippen LogP contribution in [0.1, 0.15) is 43.4 Å². The van der Waals surface area contributed by atoms with E-state index in [1.807, 2.05) is 18.2 Å². The molecule has 1 spiro atoms. The van der Waals surface area contributed by atoms with Gasteiger partial charge in [-0.2, -0.15) is 0 Å². The van der Waals surface area contributed by atoms with Gasteiger partial charge in [0.15, 0.2) is 0 Å². The lowest BCUT2D eigenvalue weighted by Crippen LogP contribution is -2.56. The van der Waals surface area contributed by atoms with Gasteiger partial charge in [-0.3, -0.25) is 10.3 Å². The number of aromatic hydroxyl groups is 2. The maximum Gasteiger partial charge on any atom is 0.409 e. The molecule has 0 bridgehead atoms. The number of nitrogens with one attached hydrogen (secondary N) is 1. The number of carbonyl (C=O) groups excluding carboxylic acids is 1. The van der Waals surface area contributed by atoms with Crippen molar-refractivity contribution in [1.29, 1.82) is 0 Å². The molecule has 2 aromatic rings. The maximum absolute atomic E-state index is 12.1. The number of amides is 1. The number of para-hydroxylation sites is 1. The van der Waals surface area contributed by atoms with Crippen molar-refractivity contribution in [2.24, 2.45) is 4.99 Å². The topological polar surface area (TPSA) is 94.4 Å². The van der Waals surface area contributed by atoms with E-state index in [4.69, 9.17) is 9.73 Å². The monoisotopic (exact) mass is 409 g/mol. The van der Waals surface area contributed by atoms with Crippen molar-refractivity contribution in [3.8, 4) is 11.5 Å². The van der Waals surface area contributed by atoms with Crippen LogP contribution in [0.4, 0.5) is 4.79 Å². The second kappa shape index (κ2) is 8.36. The molecule has 7 heteroatoms. The number of likely N-dealkylation sites (tertiary alicyclic amines) is 1. The van der Waals surface area contributed by atoms with Crippen LogP contribution in [0.25, 0.3) is 0 Å². The molecule has 1 unspecified atom stereocenters. The Balaban J connectivity index is 1.65. The van der Waals surface area contributed by atoms with Gasteiger partial charge in [-0.25, -0.2) is 4.79 Å². The number of nitrogens with zero attached hydrogens (tertiary/aromatic N) is 2. The highest BCUT2D eigenvalue weighted by atomic mass is 16.6. The van der Waals surface area contributed by atoms with E-state index in [9.17, 15) is 15.0 Å². The Bertz CT molecular complexity index is 951. The molecule has 3 N–H and O–H groups in total. The molecule has 7 nitrogen and oxygen atoms in total. The fourth-order valence-electron chi connectivity index (χ4n) is 4.27. The minimum Gasteiger partial charge on any atom is -0.508 e. The van der Waals surface area contributed by atoms with Crippen LogP contribution in [-0.4, -0.2) is 52.3 Å². The first-order valence-corrected chi connectivity index (χ1v) is 10.3. The van der Waals surface area contributed by atoms with Crippen LogP contribution < -0.4 is 5.32 Å². The Morgan fingerprint density at radius 1 is 1.20 bits per heavy atom. The first kappa shape index (κ1) is 20.2. The number of phenolic OH excluding ortho intramolecular Hbond substituents is 2. The lowest BCUT2D eigenvalue weighted by molar-refractivity contribution is 0.0778. The third-order valence-electron chi connectivity index (χ3n) is 5.80. The molecule has 4 rings (SSSR count). The highest BCUT2D eigenvalue weighted by molar-refractivity contribution is 6.02. The van der Waals surface area contributed by atoms with E-state index in [0.29, 0.717) is 39.0 Å². The highest BCUT2D eigenvalue weighted by Gasteiger charge is 2.41. The average molecular weight is 409 g/mol. The Labute approximate surface area is 176 Å². The van der Waals surface area contributed by atoms with E-state index >= 15 is 0 Å². The van der Waals surface area contributed by atoms with Gasteiger partial charge >= 0.3 is 6.09 Å². The summed E-state index contributed by atoms with van der Waals surface area (Å²) in [6, 6.07) is 14.3. The molecule has 2 aliphatic rings. The molecule has 1 amide bonds. The van der Waals surface area contributed by atoms with Crippen LogP contribution in [0.15, 0.2) is 53.5 Å². The van der Waals surface area contributed by atoms with Crippen molar-refractivity contribution in [3.05, 3.63) is 59.7 Å². The first-order valence-electron chi connectivity index (χ1n) is 10.3. The predicted octanol–water partition coefficient (Wildman–Crippen LogP) is 3.57. The highest BCUT2D eigenvalue weighted by Crippen LogP contribution is 2.37. The van der Waals surface area contributed by atoms with Crippen molar-refractivity contribution in [1.82, 2.24) is 10.2 Å². The summed E-state index contributed by atoms with van der Waals surface area (Å²) in [6.07, 6.45) is 1.57. The van der Waals surface area contributed by atoms with Gasteiger partial charge in [0.05, 0.1) is 6.61 Å². The zero-order valence-electron chi connectivity index (χ0n) is 17.0. The lowest BCUT2D eigenvalue weighted by Gasteiger charge is -2.45. The van der Waals surface area contributed by atoms with Gasteiger partial charge in [-0.05, 0) is 30.7 Å². The van der Waals surface area contributed by atoms with Crippen LogP contribution in [0.5, 0.6) is 11.5 Å². The number of piperidine rings is 1. The number of rotatable bonds is 3. The Hall–Kier alpha value is -3.06. The zero-order valence-corrected chi connectivity index (χ0v) is 17.0. The molecule has 1 atom stereocenters. The second-order valence-electron chi connectivity index (χ2n) is 7.79. The summed E-state index contributed by atoms with van der Waals surface area (Å²) in [5.74, 6) is 0.435. The van der Waals surface area contributed by atoms with E-state index < -0.39 is 5.66 Å². The van der Waals surface area contributed by atoms with Crippen LogP contribution in [-0.2, 0) is 4.74 Å². The SMILES string of the molecule is CCOC(=O)N1CCC2(CC1)N=C(c1cccc(O)c1)CC(c1ccccc1O)N2. The number of hydrogen-bond acceptors (Lipinski definition) is 6. The first-order chi connectivity index (χ1) is 14.5. The summed E-state index contributed by atoms with van der Waals surface area (Å²) in [5, 5.41) is 24.0. The standard InChI is InChI=1S/C23H27N3O4/c1-2-30-22(29)26-12-10-23(11-13-26)24-19(16-6-5-7-17(27)14-16)15-20(25-23)18-8-3-4-9-21(18)28/h3-9,14,20,25,27-28H,2,10-13,15H2,1H3. The molecule has 0 radical (unpaired) electrons. The number of benzene rings is 2. The van der Waals surface area contributed by atoms with Crippen molar-refractivity contribution >= 4 is 11.8 Å². The van der Waals surface area contributed by atoms with Crippen molar-refractivity contribution in [2.75, 3.05) is 19.7 Å². The van der Waals surface area contributed by atoms with E-state index in [0.717, 1.165) is 16.8 Å². The van der Waals surface area contributed by atoms with Gasteiger partial charge in [0.25, 0.3) is 0 Å². The molecule has 2 aromatic carbocycles. The summed E-state index contributed by atoms with van der Waals surface area (Å²) in [5.41, 5.74) is 2.01. The molecule has 1 saturated heterocycles. The number of ether oxygens (including phenoxy) is 1. The normalized spacial score (nSPS) is 20.6. The van der Waals surface area contributed by atoms with Crippen LogP contribution in [0.3, 0.4) is 0 Å². The van der Waals surface area contributed by atoms with Crippen LogP contribution in [0, 0.1) is 0 Å². The average Bonchev–Trinajstić information content (AvgIpc) is 2.74. The van der Waals surface area contributed by atoms with Gasteiger partial charge in [-0.1, -0.05) is 30.3 Å². The summed E-state index contributed by atoms with van der Waals surface area (Å²) in [6.45, 7) is 3.23. The largest absolute Gasteiger partial charge is 0.508 e. The van der Waals surface area contributed by atoms with Crippen molar-refractivity contribution in [2.45, 2.75) is 37.9 Å². The molecule has 0 aromatic heterocycles. The van der Waals surface area contributed by atoms with Gasteiger partial charge in [-0.15, -0.1) is 0 Å². The maximum atomic E-state index is 12.1. The smallest absolute Gasteiger partial charge is 0.409 e. The molecule has 1 fully saturated rings.